The summed E-state index contributed by atoms with van der Waals surface area (Å²) in [5.74, 6) is 1.61. The van der Waals surface area contributed by atoms with E-state index >= 15 is 0 Å². The number of carbonyl (C=O) groups is 2. The number of fused-ring (bicyclic) bond motifs is 1. The number of hydrogen-bond donors (Lipinski definition) is 3. The molecular formula is C28H38N8O3. The molecule has 4 aliphatic rings. The van der Waals surface area contributed by atoms with Crippen LogP contribution in [-0.4, -0.2) is 79.2 Å². The molecule has 4 heterocycles. The summed E-state index contributed by atoms with van der Waals surface area (Å²) in [6.07, 6.45) is 8.45. The summed E-state index contributed by atoms with van der Waals surface area (Å²) in [6.45, 7) is 5.84. The minimum absolute atomic E-state index is 0.0541. The lowest BCUT2D eigenvalue weighted by Crippen LogP contribution is -2.64. The number of amides is 2. The third-order valence-electron chi connectivity index (χ3n) is 8.87. The van der Waals surface area contributed by atoms with Gasteiger partial charge in [-0.1, -0.05) is 12.8 Å². The van der Waals surface area contributed by atoms with Crippen LogP contribution in [0.4, 0.5) is 23.1 Å². The Labute approximate surface area is 229 Å². The molecule has 1 spiro atoms. The predicted molar refractivity (Wildman–Crippen MR) is 149 cm³/mol. The van der Waals surface area contributed by atoms with Crippen molar-refractivity contribution in [1.29, 1.82) is 0 Å². The molecule has 0 bridgehead atoms. The Morgan fingerprint density at radius 1 is 1.18 bits per heavy atom. The number of hydrogen-bond acceptors (Lipinski definition) is 9. The first-order valence-corrected chi connectivity index (χ1v) is 14.0. The molecule has 1 aliphatic carbocycles. The highest BCUT2D eigenvalue weighted by Gasteiger charge is 2.44. The molecule has 3 aliphatic heterocycles. The second-order valence-electron chi connectivity index (χ2n) is 11.4. The van der Waals surface area contributed by atoms with Gasteiger partial charge in [0.25, 0.3) is 5.91 Å². The maximum Gasteiger partial charge on any atom is 0.265 e. The minimum Gasteiger partial charge on any atom is -0.495 e. The Morgan fingerprint density at radius 2 is 1.92 bits per heavy atom. The fourth-order valence-corrected chi connectivity index (χ4v) is 6.61. The van der Waals surface area contributed by atoms with E-state index in [0.717, 1.165) is 70.5 Å². The van der Waals surface area contributed by atoms with Gasteiger partial charge in [0.15, 0.2) is 5.82 Å². The number of piperidine rings is 1. The Kier molecular flexibility index (Phi) is 6.80. The van der Waals surface area contributed by atoms with Crippen LogP contribution in [0.25, 0.3) is 0 Å². The molecule has 2 saturated heterocycles. The van der Waals surface area contributed by atoms with Crippen LogP contribution in [0.15, 0.2) is 24.4 Å². The van der Waals surface area contributed by atoms with Crippen LogP contribution in [0, 0.1) is 5.41 Å². The number of benzene rings is 1. The van der Waals surface area contributed by atoms with Crippen LogP contribution in [0.5, 0.6) is 5.75 Å². The number of nitrogens with zero attached hydrogens (tertiary/aromatic N) is 5. The van der Waals surface area contributed by atoms with Crippen LogP contribution in [0.2, 0.25) is 0 Å². The molecule has 6 rings (SSSR count). The Bertz CT molecular complexity index is 1250. The van der Waals surface area contributed by atoms with Gasteiger partial charge in [-0.3, -0.25) is 15.0 Å². The van der Waals surface area contributed by atoms with Gasteiger partial charge in [0.05, 0.1) is 19.0 Å². The van der Waals surface area contributed by atoms with E-state index in [1.807, 2.05) is 18.0 Å². The van der Waals surface area contributed by atoms with Gasteiger partial charge in [-0.05, 0) is 63.9 Å². The van der Waals surface area contributed by atoms with Gasteiger partial charge >= 0.3 is 0 Å². The zero-order valence-corrected chi connectivity index (χ0v) is 23.0. The largest absolute Gasteiger partial charge is 0.495 e. The molecule has 0 radical (unpaired) electrons. The highest BCUT2D eigenvalue weighted by molar-refractivity contribution is 6.04. The van der Waals surface area contributed by atoms with E-state index in [9.17, 15) is 9.59 Å². The fourth-order valence-electron chi connectivity index (χ4n) is 6.61. The average Bonchev–Trinajstić information content (AvgIpc) is 3.46. The highest BCUT2D eigenvalue weighted by Crippen LogP contribution is 2.40. The van der Waals surface area contributed by atoms with Crippen molar-refractivity contribution in [2.24, 2.45) is 5.41 Å². The summed E-state index contributed by atoms with van der Waals surface area (Å²) in [5.41, 5.74) is 5.28. The van der Waals surface area contributed by atoms with Gasteiger partial charge in [0.2, 0.25) is 11.9 Å². The normalized spacial score (nSPS) is 22.9. The van der Waals surface area contributed by atoms with E-state index in [0.29, 0.717) is 40.1 Å². The zero-order chi connectivity index (χ0) is 27.1. The number of nitrogens with one attached hydrogen (secondary N) is 3. The molecule has 2 aromatic rings. The standard InChI is InChI=1S/C28H38N8O3/c1-18-26(38)34(2)22-15-30-27(32-24(22)36(18)20-6-4-5-7-20)31-21-9-8-19(14-23(21)39-3)25(37)33-35-16-28(17-35)10-12-29-13-11-28/h8-9,14-15,18,20,29H,4-7,10-13,16-17H2,1-3H3,(H,33,37)(H,30,31,32)/t18-/m1/s1. The molecule has 1 aromatic carbocycles. The van der Waals surface area contributed by atoms with Crippen molar-refractivity contribution in [3.8, 4) is 5.75 Å². The summed E-state index contributed by atoms with van der Waals surface area (Å²) in [7, 11) is 3.36. The molecule has 1 atom stereocenters. The first-order valence-electron chi connectivity index (χ1n) is 14.0. The van der Waals surface area contributed by atoms with E-state index in [-0.39, 0.29) is 17.9 Å². The highest BCUT2D eigenvalue weighted by atomic mass is 16.5. The molecule has 39 heavy (non-hydrogen) atoms. The van der Waals surface area contributed by atoms with Gasteiger partial charge in [-0.25, -0.2) is 9.99 Å². The molecule has 3 N–H and O–H groups in total. The Hall–Kier alpha value is -3.44. The Balaban J connectivity index is 1.18. The van der Waals surface area contributed by atoms with Gasteiger partial charge in [0, 0.05) is 37.2 Å². The van der Waals surface area contributed by atoms with Crippen LogP contribution in [-0.2, 0) is 4.79 Å². The molecule has 11 heteroatoms. The molecule has 208 valence electrons. The summed E-state index contributed by atoms with van der Waals surface area (Å²) in [6, 6.07) is 5.33. The number of ether oxygens (including phenoxy) is 1. The van der Waals surface area contributed by atoms with E-state index in [2.05, 4.69) is 25.9 Å². The number of anilines is 4. The quantitative estimate of drug-likeness (QED) is 0.515. The van der Waals surface area contributed by atoms with E-state index in [1.54, 1.807) is 37.4 Å². The van der Waals surface area contributed by atoms with Crippen molar-refractivity contribution >= 4 is 35.0 Å². The van der Waals surface area contributed by atoms with Crippen molar-refractivity contribution in [3.63, 3.8) is 0 Å². The number of likely N-dealkylation sites (N-methyl/N-ethyl adjacent to an activating group) is 1. The van der Waals surface area contributed by atoms with E-state index in [4.69, 9.17) is 9.72 Å². The predicted octanol–water partition coefficient (Wildman–Crippen LogP) is 2.67. The fraction of sp³-hybridized carbons (Fsp3) is 0.571. The second-order valence-corrected chi connectivity index (χ2v) is 11.4. The lowest BCUT2D eigenvalue weighted by molar-refractivity contribution is -0.119. The first-order chi connectivity index (χ1) is 18.9. The molecular weight excluding hydrogens is 496 g/mol. The van der Waals surface area contributed by atoms with Crippen molar-refractivity contribution in [1.82, 2.24) is 25.7 Å². The zero-order valence-electron chi connectivity index (χ0n) is 23.0. The van der Waals surface area contributed by atoms with Crippen molar-refractivity contribution in [2.75, 3.05) is 55.5 Å². The number of rotatable bonds is 6. The van der Waals surface area contributed by atoms with Crippen molar-refractivity contribution in [3.05, 3.63) is 30.0 Å². The topological polar surface area (TPSA) is 115 Å². The van der Waals surface area contributed by atoms with Gasteiger partial charge < -0.3 is 25.2 Å². The van der Waals surface area contributed by atoms with Crippen LogP contribution in [0.1, 0.15) is 55.8 Å². The number of aromatic nitrogens is 2. The summed E-state index contributed by atoms with van der Waals surface area (Å²) in [5, 5.41) is 8.68. The lowest BCUT2D eigenvalue weighted by atomic mass is 9.73. The minimum atomic E-state index is -0.281. The second kappa shape index (κ2) is 10.3. The lowest BCUT2D eigenvalue weighted by Gasteiger charge is -2.52. The van der Waals surface area contributed by atoms with Crippen LogP contribution >= 0.6 is 0 Å². The van der Waals surface area contributed by atoms with Crippen molar-refractivity contribution < 1.29 is 14.3 Å². The van der Waals surface area contributed by atoms with Crippen LogP contribution in [0.3, 0.4) is 0 Å². The Morgan fingerprint density at radius 3 is 2.64 bits per heavy atom. The molecule has 1 aromatic heterocycles. The third-order valence-corrected chi connectivity index (χ3v) is 8.87. The SMILES string of the molecule is COc1cc(C(=O)NN2CC3(CCNCC3)C2)ccc1Nc1ncc2c(n1)N(C1CCCC1)[C@H](C)C(=O)N2C. The molecule has 11 nitrogen and oxygen atoms in total. The number of methoxy groups -OCH3 is 1. The summed E-state index contributed by atoms with van der Waals surface area (Å²) in [4.78, 5) is 39.1. The van der Waals surface area contributed by atoms with Gasteiger partial charge in [-0.2, -0.15) is 4.98 Å². The average molecular weight is 535 g/mol. The van der Waals surface area contributed by atoms with E-state index < -0.39 is 0 Å². The molecule has 3 fully saturated rings. The smallest absolute Gasteiger partial charge is 0.265 e. The maximum atomic E-state index is 13.0. The maximum absolute atomic E-state index is 13.0. The van der Waals surface area contributed by atoms with Crippen LogP contribution < -0.4 is 30.6 Å². The first kappa shape index (κ1) is 25.8. The molecule has 2 amide bonds. The summed E-state index contributed by atoms with van der Waals surface area (Å²) < 4.78 is 5.63. The number of carbonyl (C=O) groups excluding carboxylic acids is 2. The molecule has 1 saturated carbocycles. The van der Waals surface area contributed by atoms with Gasteiger partial charge in [-0.15, -0.1) is 0 Å². The molecule has 0 unspecified atom stereocenters. The van der Waals surface area contributed by atoms with Crippen molar-refractivity contribution in [2.45, 2.75) is 57.5 Å². The van der Waals surface area contributed by atoms with Gasteiger partial charge in [0.1, 0.15) is 17.5 Å². The number of hydrazine groups is 1. The monoisotopic (exact) mass is 534 g/mol. The third kappa shape index (κ3) is 4.78. The summed E-state index contributed by atoms with van der Waals surface area (Å²) >= 11 is 0. The van der Waals surface area contributed by atoms with E-state index in [1.165, 1.54) is 0 Å².